The van der Waals surface area contributed by atoms with Gasteiger partial charge in [-0.25, -0.2) is 4.99 Å². The van der Waals surface area contributed by atoms with Gasteiger partial charge in [0.2, 0.25) is 5.91 Å². The molecule has 0 aromatic heterocycles. The Kier molecular flexibility index (Phi) is 9.75. The number of nitrogens with two attached hydrogens (primary N) is 1. The van der Waals surface area contributed by atoms with Crippen molar-refractivity contribution >= 4 is 41.5 Å². The molecule has 0 spiro atoms. The van der Waals surface area contributed by atoms with Gasteiger partial charge in [-0.05, 0) is 37.0 Å². The zero-order chi connectivity index (χ0) is 16.5. The Hall–Kier alpha value is -1.31. The average molecular weight is 444 g/mol. The molecule has 0 radical (unpaired) electrons. The van der Waals surface area contributed by atoms with E-state index >= 15 is 0 Å². The summed E-state index contributed by atoms with van der Waals surface area (Å²) < 4.78 is 0. The Balaban J connectivity index is 0.00000288. The molecule has 1 aromatic carbocycles. The Morgan fingerprint density at radius 2 is 1.96 bits per heavy atom. The first kappa shape index (κ1) is 20.7. The number of aliphatic imine (C=N–C) groups is 1. The Morgan fingerprint density at radius 3 is 2.62 bits per heavy atom. The number of carbonyl (C=O) groups is 1. The zero-order valence-electron chi connectivity index (χ0n) is 14.5. The predicted molar refractivity (Wildman–Crippen MR) is 111 cm³/mol. The van der Waals surface area contributed by atoms with Gasteiger partial charge in [-0.15, -0.1) is 24.0 Å². The summed E-state index contributed by atoms with van der Waals surface area (Å²) in [5.41, 5.74) is 8.01. The third-order valence-electron chi connectivity index (χ3n) is 4.04. The fourth-order valence-electron chi connectivity index (χ4n) is 2.77. The molecule has 1 aliphatic rings. The number of benzene rings is 1. The molecule has 1 fully saturated rings. The number of guanidine groups is 1. The molecule has 1 aliphatic heterocycles. The van der Waals surface area contributed by atoms with Crippen LogP contribution in [0.3, 0.4) is 0 Å². The number of carbonyl (C=O) groups excluding carboxylic acids is 1. The molecule has 0 aliphatic carbocycles. The molecule has 1 amide bonds. The first-order chi connectivity index (χ1) is 11.2. The second kappa shape index (κ2) is 11.3. The quantitative estimate of drug-likeness (QED) is 0.413. The minimum Gasteiger partial charge on any atom is -0.370 e. The van der Waals surface area contributed by atoms with Crippen LogP contribution >= 0.6 is 24.0 Å². The molecule has 2 rings (SSSR count). The van der Waals surface area contributed by atoms with Crippen molar-refractivity contribution in [2.24, 2.45) is 10.7 Å². The fraction of sp³-hybridized carbons (Fsp3) is 0.556. The van der Waals surface area contributed by atoms with E-state index in [0.717, 1.165) is 30.8 Å². The van der Waals surface area contributed by atoms with Gasteiger partial charge in [-0.1, -0.05) is 31.9 Å². The SMILES string of the molecule is CCCC(=O)Nc1cccc(CN=C(N)N2CCCCCC2)c1.I. The summed E-state index contributed by atoms with van der Waals surface area (Å²) in [5, 5.41) is 2.91. The molecule has 1 saturated heterocycles. The average Bonchev–Trinajstić information content (AvgIpc) is 2.82. The van der Waals surface area contributed by atoms with Gasteiger partial charge >= 0.3 is 0 Å². The standard InChI is InChI=1S/C18H28N4O.HI/c1-2-8-17(23)21-16-10-7-9-15(13-16)14-20-18(19)22-11-5-3-4-6-12-22;/h7,9-10,13H,2-6,8,11-12,14H2,1H3,(H2,19,20)(H,21,23);1H. The molecule has 6 heteroatoms. The highest BCUT2D eigenvalue weighted by Gasteiger charge is 2.10. The summed E-state index contributed by atoms with van der Waals surface area (Å²) >= 11 is 0. The van der Waals surface area contributed by atoms with Crippen LogP contribution in [0.1, 0.15) is 51.0 Å². The molecule has 0 atom stereocenters. The van der Waals surface area contributed by atoms with Crippen LogP contribution in [0, 0.1) is 0 Å². The highest BCUT2D eigenvalue weighted by Crippen LogP contribution is 2.13. The highest BCUT2D eigenvalue weighted by molar-refractivity contribution is 14.0. The minimum absolute atomic E-state index is 0. The molecule has 1 heterocycles. The molecule has 1 aromatic rings. The molecule has 5 nitrogen and oxygen atoms in total. The number of nitrogens with zero attached hydrogens (tertiary/aromatic N) is 2. The van der Waals surface area contributed by atoms with E-state index in [-0.39, 0.29) is 29.9 Å². The van der Waals surface area contributed by atoms with Gasteiger partial charge < -0.3 is 16.0 Å². The molecule has 134 valence electrons. The van der Waals surface area contributed by atoms with Crippen molar-refractivity contribution in [2.75, 3.05) is 18.4 Å². The van der Waals surface area contributed by atoms with Crippen LogP contribution in [0.25, 0.3) is 0 Å². The Morgan fingerprint density at radius 1 is 1.25 bits per heavy atom. The monoisotopic (exact) mass is 444 g/mol. The summed E-state index contributed by atoms with van der Waals surface area (Å²) in [6.45, 7) is 4.54. The largest absolute Gasteiger partial charge is 0.370 e. The number of rotatable bonds is 5. The predicted octanol–water partition coefficient (Wildman–Crippen LogP) is 3.73. The van der Waals surface area contributed by atoms with E-state index in [1.54, 1.807) is 0 Å². The van der Waals surface area contributed by atoms with Crippen molar-refractivity contribution in [1.82, 2.24) is 4.90 Å². The van der Waals surface area contributed by atoms with E-state index in [9.17, 15) is 4.79 Å². The van der Waals surface area contributed by atoms with Gasteiger partial charge in [0.15, 0.2) is 5.96 Å². The number of amides is 1. The van der Waals surface area contributed by atoms with Crippen LogP contribution in [0.2, 0.25) is 0 Å². The summed E-state index contributed by atoms with van der Waals surface area (Å²) in [6, 6.07) is 7.81. The number of hydrogen-bond acceptors (Lipinski definition) is 2. The molecular weight excluding hydrogens is 415 g/mol. The van der Waals surface area contributed by atoms with Crippen molar-refractivity contribution in [3.05, 3.63) is 29.8 Å². The van der Waals surface area contributed by atoms with E-state index in [1.807, 2.05) is 31.2 Å². The van der Waals surface area contributed by atoms with Gasteiger partial charge in [0.05, 0.1) is 6.54 Å². The number of anilines is 1. The van der Waals surface area contributed by atoms with Crippen molar-refractivity contribution in [3.8, 4) is 0 Å². The van der Waals surface area contributed by atoms with Crippen LogP contribution in [0.5, 0.6) is 0 Å². The van der Waals surface area contributed by atoms with Crippen LogP contribution in [-0.4, -0.2) is 29.9 Å². The number of nitrogens with one attached hydrogen (secondary N) is 1. The summed E-state index contributed by atoms with van der Waals surface area (Å²) in [6.07, 6.45) is 6.34. The van der Waals surface area contributed by atoms with E-state index in [1.165, 1.54) is 25.7 Å². The second-order valence-corrected chi connectivity index (χ2v) is 6.07. The van der Waals surface area contributed by atoms with E-state index in [0.29, 0.717) is 18.9 Å². The number of likely N-dealkylation sites (tertiary alicyclic amines) is 1. The van der Waals surface area contributed by atoms with Gasteiger partial charge in [0.25, 0.3) is 0 Å². The smallest absolute Gasteiger partial charge is 0.224 e. The van der Waals surface area contributed by atoms with Gasteiger partial charge in [0, 0.05) is 25.2 Å². The highest BCUT2D eigenvalue weighted by atomic mass is 127. The third kappa shape index (κ3) is 7.07. The molecule has 0 saturated carbocycles. The Labute approximate surface area is 162 Å². The van der Waals surface area contributed by atoms with Crippen molar-refractivity contribution in [1.29, 1.82) is 0 Å². The number of hydrogen-bond donors (Lipinski definition) is 2. The summed E-state index contributed by atoms with van der Waals surface area (Å²) in [7, 11) is 0. The normalized spacial score (nSPS) is 15.4. The summed E-state index contributed by atoms with van der Waals surface area (Å²) in [4.78, 5) is 18.4. The number of halogens is 1. The molecule has 3 N–H and O–H groups in total. The lowest BCUT2D eigenvalue weighted by molar-refractivity contribution is -0.116. The van der Waals surface area contributed by atoms with Crippen LogP contribution in [-0.2, 0) is 11.3 Å². The first-order valence-corrected chi connectivity index (χ1v) is 8.62. The van der Waals surface area contributed by atoms with E-state index in [4.69, 9.17) is 5.73 Å². The maximum atomic E-state index is 11.7. The fourth-order valence-corrected chi connectivity index (χ4v) is 2.77. The molecule has 0 unspecified atom stereocenters. The van der Waals surface area contributed by atoms with E-state index < -0.39 is 0 Å². The topological polar surface area (TPSA) is 70.7 Å². The Bertz CT molecular complexity index is 540. The van der Waals surface area contributed by atoms with E-state index in [2.05, 4.69) is 15.2 Å². The first-order valence-electron chi connectivity index (χ1n) is 8.62. The maximum absolute atomic E-state index is 11.7. The van der Waals surface area contributed by atoms with Crippen molar-refractivity contribution < 1.29 is 4.79 Å². The maximum Gasteiger partial charge on any atom is 0.224 e. The molecule has 0 bridgehead atoms. The van der Waals surface area contributed by atoms with Crippen molar-refractivity contribution in [3.63, 3.8) is 0 Å². The lowest BCUT2D eigenvalue weighted by atomic mass is 10.2. The lowest BCUT2D eigenvalue weighted by Gasteiger charge is -2.21. The second-order valence-electron chi connectivity index (χ2n) is 6.07. The summed E-state index contributed by atoms with van der Waals surface area (Å²) in [5.74, 6) is 0.685. The van der Waals surface area contributed by atoms with Crippen LogP contribution < -0.4 is 11.1 Å². The molecule has 24 heavy (non-hydrogen) atoms. The van der Waals surface area contributed by atoms with Crippen molar-refractivity contribution in [2.45, 2.75) is 52.0 Å². The third-order valence-corrected chi connectivity index (χ3v) is 4.04. The van der Waals surface area contributed by atoms with Crippen LogP contribution in [0.15, 0.2) is 29.3 Å². The van der Waals surface area contributed by atoms with Gasteiger partial charge in [-0.3, -0.25) is 4.79 Å². The lowest BCUT2D eigenvalue weighted by Crippen LogP contribution is -2.38. The van der Waals surface area contributed by atoms with Crippen LogP contribution in [0.4, 0.5) is 5.69 Å². The van der Waals surface area contributed by atoms with Gasteiger partial charge in [0.1, 0.15) is 0 Å². The van der Waals surface area contributed by atoms with Gasteiger partial charge in [-0.2, -0.15) is 0 Å². The minimum atomic E-state index is 0. The molecular formula is C18H29IN4O. The zero-order valence-corrected chi connectivity index (χ0v) is 16.8.